The molecule has 1 aromatic rings. The molecule has 1 saturated carbocycles. The molecule has 0 aliphatic heterocycles. The number of hydrogen-bond donors (Lipinski definition) is 1. The van der Waals surface area contributed by atoms with E-state index in [9.17, 15) is 4.79 Å². The van der Waals surface area contributed by atoms with Gasteiger partial charge in [0.25, 0.3) is 0 Å². The Balaban J connectivity index is 2.23. The summed E-state index contributed by atoms with van der Waals surface area (Å²) in [5.41, 5.74) is -0.656. The van der Waals surface area contributed by atoms with E-state index < -0.39 is 5.54 Å². The molecule has 17 heavy (non-hydrogen) atoms. The Labute approximate surface area is 100 Å². The summed E-state index contributed by atoms with van der Waals surface area (Å²) >= 11 is 0. The minimum Gasteiger partial charge on any atom is -0.468 e. The second kappa shape index (κ2) is 4.83. The molecule has 0 amide bonds. The van der Waals surface area contributed by atoms with Crippen molar-refractivity contribution in [3.05, 3.63) is 12.7 Å². The number of nitrogens with zero attached hydrogens (tertiary/aromatic N) is 3. The molecule has 0 spiro atoms. The highest BCUT2D eigenvalue weighted by Crippen LogP contribution is 2.41. The fraction of sp³-hybridized carbons (Fsp3) is 0.727. The van der Waals surface area contributed by atoms with Crippen LogP contribution in [0.2, 0.25) is 0 Å². The number of aromatic nitrogens is 3. The average molecular weight is 238 g/mol. The molecule has 94 valence electrons. The van der Waals surface area contributed by atoms with Gasteiger partial charge in [0.2, 0.25) is 0 Å². The van der Waals surface area contributed by atoms with E-state index >= 15 is 0 Å². The topological polar surface area (TPSA) is 69.0 Å². The second-order valence-electron chi connectivity index (χ2n) is 4.36. The normalized spacial score (nSPS) is 18.7. The first-order valence-corrected chi connectivity index (χ1v) is 5.88. The Hall–Kier alpha value is -1.43. The van der Waals surface area contributed by atoms with Crippen molar-refractivity contribution in [1.29, 1.82) is 0 Å². The molecule has 1 atom stereocenters. The fourth-order valence-corrected chi connectivity index (χ4v) is 2.28. The smallest absolute Gasteiger partial charge is 0.328 e. The number of likely N-dealkylation sites (N-methyl/N-ethyl adjacent to an activating group) is 1. The van der Waals surface area contributed by atoms with Crippen LogP contribution in [0.5, 0.6) is 0 Å². The number of nitrogens with one attached hydrogen (secondary N) is 1. The van der Waals surface area contributed by atoms with Crippen LogP contribution in [0.3, 0.4) is 0 Å². The quantitative estimate of drug-likeness (QED) is 0.717. The van der Waals surface area contributed by atoms with Crippen molar-refractivity contribution in [3.8, 4) is 0 Å². The molecule has 1 aliphatic rings. The van der Waals surface area contributed by atoms with Crippen LogP contribution in [0.1, 0.15) is 19.8 Å². The lowest BCUT2D eigenvalue weighted by Gasteiger charge is -2.31. The van der Waals surface area contributed by atoms with Gasteiger partial charge in [0.1, 0.15) is 18.2 Å². The average Bonchev–Trinajstić information content (AvgIpc) is 3.07. The second-order valence-corrected chi connectivity index (χ2v) is 4.36. The summed E-state index contributed by atoms with van der Waals surface area (Å²) in [4.78, 5) is 16.0. The maximum atomic E-state index is 12.1. The summed E-state index contributed by atoms with van der Waals surface area (Å²) in [6.45, 7) is 3.18. The lowest BCUT2D eigenvalue weighted by atomic mass is 9.93. The zero-order chi connectivity index (χ0) is 12.3. The van der Waals surface area contributed by atoms with E-state index in [-0.39, 0.29) is 5.97 Å². The molecule has 2 rings (SSSR count). The number of rotatable bonds is 6. The number of esters is 1. The monoisotopic (exact) mass is 238 g/mol. The zero-order valence-corrected chi connectivity index (χ0v) is 10.2. The Morgan fingerprint density at radius 3 is 2.88 bits per heavy atom. The van der Waals surface area contributed by atoms with E-state index in [1.807, 2.05) is 6.92 Å². The summed E-state index contributed by atoms with van der Waals surface area (Å²) < 4.78 is 6.63. The molecule has 1 fully saturated rings. The summed E-state index contributed by atoms with van der Waals surface area (Å²) in [5, 5.41) is 7.35. The lowest BCUT2D eigenvalue weighted by Crippen LogP contribution is -2.57. The van der Waals surface area contributed by atoms with E-state index in [4.69, 9.17) is 4.74 Å². The van der Waals surface area contributed by atoms with Gasteiger partial charge in [0, 0.05) is 0 Å². The first kappa shape index (κ1) is 12.0. The minimum absolute atomic E-state index is 0.211. The van der Waals surface area contributed by atoms with Crippen molar-refractivity contribution in [2.75, 3.05) is 13.7 Å². The standard InChI is InChI=1S/C11H18N4O2/c1-3-13-11(9-4-5-9,10(16)17-2)6-15-8-12-7-14-15/h7-9,13H,3-6H2,1-2H3. The molecule has 0 bridgehead atoms. The van der Waals surface area contributed by atoms with Gasteiger partial charge >= 0.3 is 5.97 Å². The van der Waals surface area contributed by atoms with Gasteiger partial charge in [-0.1, -0.05) is 6.92 Å². The van der Waals surface area contributed by atoms with Crippen molar-refractivity contribution >= 4 is 5.97 Å². The van der Waals surface area contributed by atoms with Crippen molar-refractivity contribution < 1.29 is 9.53 Å². The van der Waals surface area contributed by atoms with Gasteiger partial charge in [-0.05, 0) is 25.3 Å². The van der Waals surface area contributed by atoms with Crippen molar-refractivity contribution in [1.82, 2.24) is 20.1 Å². The molecular formula is C11H18N4O2. The maximum absolute atomic E-state index is 12.1. The summed E-state index contributed by atoms with van der Waals surface area (Å²) in [7, 11) is 1.43. The number of carbonyl (C=O) groups is 1. The van der Waals surface area contributed by atoms with Crippen LogP contribution in [0.25, 0.3) is 0 Å². The summed E-state index contributed by atoms with van der Waals surface area (Å²) in [6, 6.07) is 0. The molecule has 1 aliphatic carbocycles. The number of methoxy groups -OCH3 is 1. The van der Waals surface area contributed by atoms with Gasteiger partial charge in [-0.2, -0.15) is 5.10 Å². The Bertz CT molecular complexity index is 375. The van der Waals surface area contributed by atoms with E-state index in [2.05, 4.69) is 15.4 Å². The van der Waals surface area contributed by atoms with Crippen LogP contribution in [0.4, 0.5) is 0 Å². The number of ether oxygens (including phenoxy) is 1. The van der Waals surface area contributed by atoms with E-state index in [1.54, 1.807) is 11.0 Å². The third-order valence-corrected chi connectivity index (χ3v) is 3.19. The highest BCUT2D eigenvalue weighted by atomic mass is 16.5. The van der Waals surface area contributed by atoms with Crippen LogP contribution in [0, 0.1) is 5.92 Å². The largest absolute Gasteiger partial charge is 0.468 e. The first-order chi connectivity index (χ1) is 8.23. The highest BCUT2D eigenvalue weighted by Gasteiger charge is 2.51. The minimum atomic E-state index is -0.656. The molecule has 1 N–H and O–H groups in total. The van der Waals surface area contributed by atoms with Gasteiger partial charge in [0.05, 0.1) is 13.7 Å². The van der Waals surface area contributed by atoms with Gasteiger partial charge in [-0.25, -0.2) is 9.78 Å². The first-order valence-electron chi connectivity index (χ1n) is 5.88. The van der Waals surface area contributed by atoms with E-state index in [0.717, 1.165) is 19.4 Å². The number of hydrogen-bond acceptors (Lipinski definition) is 5. The van der Waals surface area contributed by atoms with Crippen molar-refractivity contribution in [2.24, 2.45) is 5.92 Å². The zero-order valence-electron chi connectivity index (χ0n) is 10.2. The highest BCUT2D eigenvalue weighted by molar-refractivity contribution is 5.81. The van der Waals surface area contributed by atoms with Gasteiger partial charge < -0.3 is 10.1 Å². The predicted molar refractivity (Wildman–Crippen MR) is 61.2 cm³/mol. The van der Waals surface area contributed by atoms with Gasteiger partial charge in [0.15, 0.2) is 0 Å². The van der Waals surface area contributed by atoms with E-state index in [1.165, 1.54) is 13.4 Å². The molecule has 0 radical (unpaired) electrons. The molecule has 1 unspecified atom stereocenters. The fourth-order valence-electron chi connectivity index (χ4n) is 2.28. The van der Waals surface area contributed by atoms with Crippen molar-refractivity contribution in [3.63, 3.8) is 0 Å². The summed E-state index contributed by atoms with van der Waals surface area (Å²) in [5.74, 6) is 0.122. The van der Waals surface area contributed by atoms with Crippen LogP contribution >= 0.6 is 0 Å². The van der Waals surface area contributed by atoms with Crippen LogP contribution in [-0.2, 0) is 16.1 Å². The molecule has 0 aromatic carbocycles. The molecule has 6 heteroatoms. The molecule has 6 nitrogen and oxygen atoms in total. The van der Waals surface area contributed by atoms with Crippen LogP contribution < -0.4 is 5.32 Å². The Kier molecular flexibility index (Phi) is 3.42. The number of carbonyl (C=O) groups excluding carboxylic acids is 1. The van der Waals surface area contributed by atoms with Crippen LogP contribution in [-0.4, -0.2) is 39.9 Å². The third-order valence-electron chi connectivity index (χ3n) is 3.19. The van der Waals surface area contributed by atoms with Gasteiger partial charge in [-0.15, -0.1) is 0 Å². The predicted octanol–water partition coefficient (Wildman–Crippen LogP) is 0.209. The molecule has 1 aromatic heterocycles. The van der Waals surface area contributed by atoms with Crippen molar-refractivity contribution in [2.45, 2.75) is 31.8 Å². The summed E-state index contributed by atoms with van der Waals surface area (Å²) in [6.07, 6.45) is 5.20. The molecule has 1 heterocycles. The van der Waals surface area contributed by atoms with E-state index in [0.29, 0.717) is 12.5 Å². The van der Waals surface area contributed by atoms with Crippen LogP contribution in [0.15, 0.2) is 12.7 Å². The Morgan fingerprint density at radius 1 is 1.65 bits per heavy atom. The SMILES string of the molecule is CCNC(Cn1cncn1)(C(=O)OC)C1CC1. The molecule has 0 saturated heterocycles. The third kappa shape index (κ3) is 2.31. The molecular weight excluding hydrogens is 220 g/mol. The Morgan fingerprint density at radius 2 is 2.41 bits per heavy atom. The van der Waals surface area contributed by atoms with Gasteiger partial charge in [-0.3, -0.25) is 4.68 Å². The maximum Gasteiger partial charge on any atom is 0.328 e. The lowest BCUT2D eigenvalue weighted by molar-refractivity contribution is -0.150.